The molecule has 1 aliphatic rings. The fourth-order valence-corrected chi connectivity index (χ4v) is 0.744. The van der Waals surface area contributed by atoms with E-state index in [0.717, 1.165) is 5.70 Å². The van der Waals surface area contributed by atoms with Crippen LogP contribution in [0.2, 0.25) is 0 Å². The normalized spacial score (nSPS) is 27.2. The summed E-state index contributed by atoms with van der Waals surface area (Å²) < 4.78 is 0. The molecule has 0 aliphatic carbocycles. The van der Waals surface area contributed by atoms with E-state index in [0.29, 0.717) is 5.88 Å². The van der Waals surface area contributed by atoms with E-state index in [1.165, 1.54) is 0 Å². The first kappa shape index (κ1) is 5.92. The summed E-state index contributed by atoms with van der Waals surface area (Å²) in [6.07, 6.45) is 2.02. The molecule has 0 bridgehead atoms. The Hall–Kier alpha value is -0.210. The van der Waals surface area contributed by atoms with Crippen molar-refractivity contribution in [2.75, 3.05) is 5.88 Å². The van der Waals surface area contributed by atoms with Gasteiger partial charge in [0.15, 0.2) is 0 Å². The molecule has 46 valence electrons. The van der Waals surface area contributed by atoms with E-state index in [9.17, 15) is 0 Å². The molecule has 0 spiro atoms. The minimum Gasteiger partial charge on any atom is -0.271 e. The van der Waals surface area contributed by atoms with Gasteiger partial charge in [0.05, 0.1) is 5.88 Å². The van der Waals surface area contributed by atoms with Crippen LogP contribution < -0.4 is 5.48 Å². The van der Waals surface area contributed by atoms with Crippen molar-refractivity contribution in [3.63, 3.8) is 0 Å². The van der Waals surface area contributed by atoms with Gasteiger partial charge >= 0.3 is 0 Å². The molecule has 0 fully saturated rings. The van der Waals surface area contributed by atoms with Gasteiger partial charge in [-0.2, -0.15) is 0 Å². The van der Waals surface area contributed by atoms with Crippen LogP contribution in [0.5, 0.6) is 0 Å². The van der Waals surface area contributed by atoms with Gasteiger partial charge in [-0.25, -0.2) is 0 Å². The predicted molar refractivity (Wildman–Crippen MR) is 32.5 cm³/mol. The third-order valence-corrected chi connectivity index (χ3v) is 1.26. The maximum atomic E-state index is 5.46. The maximum Gasteiger partial charge on any atom is 0.119 e. The van der Waals surface area contributed by atoms with Gasteiger partial charge in [0.1, 0.15) is 6.10 Å². The first-order valence-electron chi connectivity index (χ1n) is 2.49. The molecule has 0 saturated heterocycles. The Morgan fingerprint density at radius 3 is 3.00 bits per heavy atom. The van der Waals surface area contributed by atoms with Gasteiger partial charge in [-0.3, -0.25) is 10.3 Å². The van der Waals surface area contributed by atoms with Crippen LogP contribution in [0, 0.1) is 0 Å². The van der Waals surface area contributed by atoms with Crippen molar-refractivity contribution < 1.29 is 4.84 Å². The number of rotatable bonds is 1. The second-order valence-corrected chi connectivity index (χ2v) is 2.07. The number of alkyl halides is 1. The third-order valence-electron chi connectivity index (χ3n) is 0.959. The minimum absolute atomic E-state index is 0.0664. The molecule has 1 unspecified atom stereocenters. The van der Waals surface area contributed by atoms with Crippen LogP contribution in [0.3, 0.4) is 0 Å². The Balaban J connectivity index is 2.41. The molecule has 0 aromatic rings. The van der Waals surface area contributed by atoms with Gasteiger partial charge in [0.25, 0.3) is 0 Å². The molecule has 0 aromatic heterocycles. The van der Waals surface area contributed by atoms with Crippen molar-refractivity contribution >= 4 is 11.6 Å². The maximum absolute atomic E-state index is 5.46. The van der Waals surface area contributed by atoms with E-state index in [-0.39, 0.29) is 6.10 Å². The average molecular weight is 134 g/mol. The van der Waals surface area contributed by atoms with E-state index >= 15 is 0 Å². The van der Waals surface area contributed by atoms with Crippen LogP contribution in [0.4, 0.5) is 0 Å². The predicted octanol–water partition coefficient (Wildman–Crippen LogP) is 1.03. The molecule has 0 aromatic carbocycles. The van der Waals surface area contributed by atoms with Crippen LogP contribution in [0.1, 0.15) is 6.92 Å². The highest BCUT2D eigenvalue weighted by molar-refractivity contribution is 6.18. The number of halogens is 1. The largest absolute Gasteiger partial charge is 0.271 e. The quantitative estimate of drug-likeness (QED) is 0.540. The second kappa shape index (κ2) is 2.37. The molecule has 1 aliphatic heterocycles. The summed E-state index contributed by atoms with van der Waals surface area (Å²) >= 11 is 5.46. The molecule has 0 saturated carbocycles. The summed E-state index contributed by atoms with van der Waals surface area (Å²) in [5.41, 5.74) is 3.73. The number of allylic oxidation sites excluding steroid dienone is 1. The monoisotopic (exact) mass is 133 g/mol. The Labute approximate surface area is 53.4 Å². The fraction of sp³-hybridized carbons (Fsp3) is 0.600. The van der Waals surface area contributed by atoms with Crippen LogP contribution in [0.25, 0.3) is 0 Å². The number of hydrogen-bond donors (Lipinski definition) is 1. The molecule has 0 amide bonds. The average Bonchev–Trinajstić information content (AvgIpc) is 2.14. The van der Waals surface area contributed by atoms with Crippen molar-refractivity contribution in [3.8, 4) is 0 Å². The SMILES string of the molecule is CC1=CC(CCl)ON1. The molecule has 8 heavy (non-hydrogen) atoms. The first-order chi connectivity index (χ1) is 3.83. The summed E-state index contributed by atoms with van der Waals surface area (Å²) in [5.74, 6) is 0.518. The minimum atomic E-state index is 0.0664. The van der Waals surface area contributed by atoms with Crippen molar-refractivity contribution in [1.82, 2.24) is 5.48 Å². The molecule has 1 heterocycles. The zero-order valence-electron chi connectivity index (χ0n) is 4.65. The Morgan fingerprint density at radius 2 is 2.75 bits per heavy atom. The summed E-state index contributed by atoms with van der Waals surface area (Å²) in [4.78, 5) is 4.94. The topological polar surface area (TPSA) is 21.3 Å². The lowest BCUT2D eigenvalue weighted by atomic mass is 10.3. The van der Waals surface area contributed by atoms with Gasteiger partial charge in [-0.05, 0) is 13.0 Å². The van der Waals surface area contributed by atoms with Gasteiger partial charge in [0, 0.05) is 5.70 Å². The Kier molecular flexibility index (Phi) is 1.76. The summed E-state index contributed by atoms with van der Waals surface area (Å²) in [7, 11) is 0. The van der Waals surface area contributed by atoms with Crippen LogP contribution in [-0.4, -0.2) is 12.0 Å². The Morgan fingerprint density at radius 1 is 2.00 bits per heavy atom. The number of hydrogen-bond acceptors (Lipinski definition) is 2. The summed E-state index contributed by atoms with van der Waals surface area (Å²) in [5, 5.41) is 0. The van der Waals surface area contributed by atoms with E-state index in [1.54, 1.807) is 0 Å². The number of hydroxylamine groups is 1. The summed E-state index contributed by atoms with van der Waals surface area (Å²) in [6, 6.07) is 0. The van der Waals surface area contributed by atoms with Crippen molar-refractivity contribution in [1.29, 1.82) is 0 Å². The smallest absolute Gasteiger partial charge is 0.119 e. The fourth-order valence-electron chi connectivity index (χ4n) is 0.592. The van der Waals surface area contributed by atoms with Crippen LogP contribution in [0.15, 0.2) is 11.8 Å². The molecule has 0 radical (unpaired) electrons. The zero-order valence-corrected chi connectivity index (χ0v) is 5.40. The Bertz CT molecular complexity index is 113. The first-order valence-corrected chi connectivity index (χ1v) is 3.02. The molecule has 1 N–H and O–H groups in total. The molecule has 1 rings (SSSR count). The van der Waals surface area contributed by atoms with E-state index in [1.807, 2.05) is 13.0 Å². The number of nitrogens with one attached hydrogen (secondary N) is 1. The van der Waals surface area contributed by atoms with Gasteiger partial charge in [0.2, 0.25) is 0 Å². The third kappa shape index (κ3) is 1.14. The highest BCUT2D eigenvalue weighted by atomic mass is 35.5. The summed E-state index contributed by atoms with van der Waals surface area (Å²) in [6.45, 7) is 1.94. The van der Waals surface area contributed by atoms with E-state index in [2.05, 4.69) is 5.48 Å². The van der Waals surface area contributed by atoms with E-state index in [4.69, 9.17) is 16.4 Å². The van der Waals surface area contributed by atoms with Crippen molar-refractivity contribution in [3.05, 3.63) is 11.8 Å². The lowest BCUT2D eigenvalue weighted by Crippen LogP contribution is -2.12. The molecule has 3 heteroatoms. The molecular formula is C5H8ClNO. The molecular weight excluding hydrogens is 126 g/mol. The zero-order chi connectivity index (χ0) is 5.98. The standard InChI is InChI=1S/C5H8ClNO/c1-4-2-5(3-6)8-7-4/h2,5,7H,3H2,1H3. The van der Waals surface area contributed by atoms with Crippen LogP contribution >= 0.6 is 11.6 Å². The lowest BCUT2D eigenvalue weighted by Gasteiger charge is -1.99. The lowest BCUT2D eigenvalue weighted by molar-refractivity contribution is 0.0550. The second-order valence-electron chi connectivity index (χ2n) is 1.76. The van der Waals surface area contributed by atoms with E-state index < -0.39 is 0 Å². The van der Waals surface area contributed by atoms with Crippen molar-refractivity contribution in [2.45, 2.75) is 13.0 Å². The van der Waals surface area contributed by atoms with Gasteiger partial charge in [-0.15, -0.1) is 11.6 Å². The molecule has 2 nitrogen and oxygen atoms in total. The van der Waals surface area contributed by atoms with Crippen LogP contribution in [-0.2, 0) is 4.84 Å². The highest BCUT2D eigenvalue weighted by Crippen LogP contribution is 2.05. The van der Waals surface area contributed by atoms with Crippen molar-refractivity contribution in [2.24, 2.45) is 0 Å². The molecule has 1 atom stereocenters. The highest BCUT2D eigenvalue weighted by Gasteiger charge is 2.10. The van der Waals surface area contributed by atoms with Gasteiger partial charge in [-0.1, -0.05) is 0 Å². The van der Waals surface area contributed by atoms with Gasteiger partial charge < -0.3 is 0 Å².